The molecule has 3 N–H and O–H groups in total. The highest BCUT2D eigenvalue weighted by Gasteiger charge is 2.54. The number of aliphatic hydroxyl groups is 2. The zero-order chi connectivity index (χ0) is 23.8. The molecule has 3 aliphatic rings. The lowest BCUT2D eigenvalue weighted by atomic mass is 10.2. The average Bonchev–Trinajstić information content (AvgIpc) is 3.41. The van der Waals surface area contributed by atoms with E-state index in [0.717, 1.165) is 0 Å². The van der Waals surface area contributed by atoms with Gasteiger partial charge < -0.3 is 39.5 Å². The summed E-state index contributed by atoms with van der Waals surface area (Å²) in [5.74, 6) is -3.30. The zero-order valence-electron chi connectivity index (χ0n) is 17.5. The number of nitrogens with zero attached hydrogens (tertiary/aromatic N) is 2. The van der Waals surface area contributed by atoms with Crippen molar-refractivity contribution in [1.82, 2.24) is 15.1 Å². The van der Waals surface area contributed by atoms with E-state index in [0.29, 0.717) is 10.5 Å². The first-order valence-electron chi connectivity index (χ1n) is 9.64. The van der Waals surface area contributed by atoms with Crippen molar-refractivity contribution in [2.24, 2.45) is 0 Å². The SMILES string of the molecule is COC1C(O)=C(CO)O[C@H]1N1C=C(CN(CC=C(C)C)C(=O)C(F)(F)F)C(=O)NC2OC21. The maximum atomic E-state index is 13.1. The second kappa shape index (κ2) is 9.00. The number of allylic oxidation sites excluding steroid dienone is 1. The Balaban J connectivity index is 1.91. The summed E-state index contributed by atoms with van der Waals surface area (Å²) in [7, 11) is 1.29. The van der Waals surface area contributed by atoms with E-state index in [-0.39, 0.29) is 23.6 Å². The monoisotopic (exact) mass is 463 g/mol. The van der Waals surface area contributed by atoms with Crippen LogP contribution in [0.25, 0.3) is 0 Å². The molecule has 3 heterocycles. The van der Waals surface area contributed by atoms with Crippen LogP contribution in [0.2, 0.25) is 0 Å². The maximum absolute atomic E-state index is 13.1. The Labute approximate surface area is 181 Å². The van der Waals surface area contributed by atoms with Crippen molar-refractivity contribution in [2.45, 2.75) is 44.8 Å². The molecule has 0 aromatic rings. The molecular weight excluding hydrogens is 439 g/mol. The van der Waals surface area contributed by atoms with Gasteiger partial charge in [0.1, 0.15) is 6.61 Å². The standard InChI is InChI=1S/C19H24F3N3O7/c1-9(2)4-5-24(18(29)19(20,21)22)6-10-7-25(17-15(32-17)23-14(10)28)16-13(30-3)12(27)11(8-26)31-16/h4,7,13,15-17,26-27H,5-6,8H2,1-3H3,(H,23,28)/t13?,15?,16-,17?/m1/s1. The van der Waals surface area contributed by atoms with E-state index in [1.54, 1.807) is 13.8 Å². The molecular formula is C19H24F3N3O7. The third-order valence-electron chi connectivity index (χ3n) is 5.01. The van der Waals surface area contributed by atoms with Gasteiger partial charge in [-0.2, -0.15) is 13.2 Å². The first kappa shape index (κ1) is 23.9. The molecule has 4 atom stereocenters. The number of epoxide rings is 1. The van der Waals surface area contributed by atoms with Crippen molar-refractivity contribution in [3.8, 4) is 0 Å². The number of ether oxygens (including phenoxy) is 3. The first-order valence-corrected chi connectivity index (χ1v) is 9.64. The summed E-state index contributed by atoms with van der Waals surface area (Å²) in [6.07, 6.45) is -6.10. The summed E-state index contributed by atoms with van der Waals surface area (Å²) in [6, 6.07) is 0. The molecule has 10 nitrogen and oxygen atoms in total. The van der Waals surface area contributed by atoms with Crippen LogP contribution in [0, 0.1) is 0 Å². The number of alkyl halides is 3. The van der Waals surface area contributed by atoms with Crippen molar-refractivity contribution >= 4 is 11.8 Å². The number of methoxy groups -OCH3 is 1. The molecule has 3 rings (SSSR count). The number of halogens is 3. The lowest BCUT2D eigenvalue weighted by Gasteiger charge is -2.30. The van der Waals surface area contributed by atoms with Crippen molar-refractivity contribution in [1.29, 1.82) is 0 Å². The van der Waals surface area contributed by atoms with Crippen molar-refractivity contribution in [2.75, 3.05) is 26.8 Å². The quantitative estimate of drug-likeness (QED) is 0.368. The third-order valence-corrected chi connectivity index (χ3v) is 5.01. The largest absolute Gasteiger partial charge is 0.506 e. The van der Waals surface area contributed by atoms with Gasteiger partial charge in [0, 0.05) is 19.9 Å². The van der Waals surface area contributed by atoms with Gasteiger partial charge in [0.25, 0.3) is 5.91 Å². The van der Waals surface area contributed by atoms with Gasteiger partial charge in [0.05, 0.1) is 12.1 Å². The van der Waals surface area contributed by atoms with Gasteiger partial charge in [-0.05, 0) is 13.8 Å². The fraction of sp³-hybridized carbons (Fsp3) is 0.579. The van der Waals surface area contributed by atoms with Crippen LogP contribution in [0.4, 0.5) is 13.2 Å². The Morgan fingerprint density at radius 2 is 2.06 bits per heavy atom. The minimum atomic E-state index is -5.12. The summed E-state index contributed by atoms with van der Waals surface area (Å²) in [4.78, 5) is 26.4. The molecule has 3 unspecified atom stereocenters. The maximum Gasteiger partial charge on any atom is 0.471 e. The highest BCUT2D eigenvalue weighted by Crippen LogP contribution is 2.36. The Morgan fingerprint density at radius 3 is 2.62 bits per heavy atom. The zero-order valence-corrected chi connectivity index (χ0v) is 17.5. The molecule has 1 saturated heterocycles. The molecule has 0 aromatic carbocycles. The van der Waals surface area contributed by atoms with Crippen LogP contribution < -0.4 is 5.32 Å². The van der Waals surface area contributed by atoms with E-state index < -0.39 is 55.9 Å². The summed E-state index contributed by atoms with van der Waals surface area (Å²) in [6.45, 7) is 1.73. The molecule has 2 amide bonds. The molecule has 0 radical (unpaired) electrons. The van der Waals surface area contributed by atoms with Crippen LogP contribution in [0.15, 0.2) is 34.9 Å². The van der Waals surface area contributed by atoms with E-state index in [2.05, 4.69) is 5.32 Å². The highest BCUT2D eigenvalue weighted by molar-refractivity contribution is 5.95. The Kier molecular flexibility index (Phi) is 6.72. The Bertz CT molecular complexity index is 867. The van der Waals surface area contributed by atoms with Crippen molar-refractivity contribution in [3.05, 3.63) is 34.9 Å². The summed E-state index contributed by atoms with van der Waals surface area (Å²) in [5, 5.41) is 22.1. The smallest absolute Gasteiger partial charge is 0.471 e. The summed E-state index contributed by atoms with van der Waals surface area (Å²) < 4.78 is 55.5. The van der Waals surface area contributed by atoms with E-state index in [1.165, 1.54) is 24.3 Å². The lowest BCUT2D eigenvalue weighted by molar-refractivity contribution is -0.184. The first-order chi connectivity index (χ1) is 15.0. The number of rotatable bonds is 7. The van der Waals surface area contributed by atoms with Gasteiger partial charge in [-0.15, -0.1) is 0 Å². The molecule has 13 heteroatoms. The van der Waals surface area contributed by atoms with Crippen molar-refractivity contribution < 1.29 is 47.2 Å². The number of carbonyl (C=O) groups excluding carboxylic acids is 2. The van der Waals surface area contributed by atoms with Gasteiger partial charge in [-0.3, -0.25) is 9.59 Å². The van der Waals surface area contributed by atoms with E-state index in [9.17, 15) is 33.0 Å². The highest BCUT2D eigenvalue weighted by atomic mass is 19.4. The topological polar surface area (TPSA) is 124 Å². The van der Waals surface area contributed by atoms with E-state index in [1.807, 2.05) is 0 Å². The number of hydrogen-bond acceptors (Lipinski definition) is 8. The molecule has 0 aromatic heterocycles. The second-order valence-corrected chi connectivity index (χ2v) is 7.62. The number of amides is 2. The van der Waals surface area contributed by atoms with Crippen LogP contribution in [0.5, 0.6) is 0 Å². The molecule has 0 bridgehead atoms. The molecule has 0 aliphatic carbocycles. The van der Waals surface area contributed by atoms with Crippen LogP contribution in [-0.4, -0.2) is 89.6 Å². The van der Waals surface area contributed by atoms with Gasteiger partial charge in [0.2, 0.25) is 6.23 Å². The van der Waals surface area contributed by atoms with Gasteiger partial charge in [-0.25, -0.2) is 0 Å². The van der Waals surface area contributed by atoms with Crippen LogP contribution in [0.3, 0.4) is 0 Å². The van der Waals surface area contributed by atoms with Gasteiger partial charge in [-0.1, -0.05) is 11.6 Å². The Hall–Kier alpha value is -2.77. The Morgan fingerprint density at radius 1 is 1.38 bits per heavy atom. The minimum Gasteiger partial charge on any atom is -0.506 e. The van der Waals surface area contributed by atoms with Crippen LogP contribution in [0.1, 0.15) is 13.8 Å². The minimum absolute atomic E-state index is 0.144. The van der Waals surface area contributed by atoms with E-state index >= 15 is 0 Å². The lowest BCUT2D eigenvalue weighted by Crippen LogP contribution is -2.44. The second-order valence-electron chi connectivity index (χ2n) is 7.62. The third kappa shape index (κ3) is 4.84. The van der Waals surface area contributed by atoms with E-state index in [4.69, 9.17) is 14.2 Å². The molecule has 1 fully saturated rings. The number of carbonyl (C=O) groups is 2. The number of hydrogen-bond donors (Lipinski definition) is 3. The number of aliphatic hydroxyl groups excluding tert-OH is 2. The number of nitrogens with one attached hydrogen (secondary N) is 1. The van der Waals surface area contributed by atoms with Crippen LogP contribution >= 0.6 is 0 Å². The fourth-order valence-electron chi connectivity index (χ4n) is 3.32. The normalized spacial score (nSPS) is 27.2. The summed E-state index contributed by atoms with van der Waals surface area (Å²) in [5.41, 5.74) is 0.539. The predicted molar refractivity (Wildman–Crippen MR) is 101 cm³/mol. The molecule has 0 spiro atoms. The van der Waals surface area contributed by atoms with Gasteiger partial charge in [0.15, 0.2) is 30.1 Å². The summed E-state index contributed by atoms with van der Waals surface area (Å²) >= 11 is 0. The molecule has 3 aliphatic heterocycles. The van der Waals surface area contributed by atoms with Gasteiger partial charge >= 0.3 is 12.1 Å². The average molecular weight is 463 g/mol. The predicted octanol–water partition coefficient (Wildman–Crippen LogP) is 0.475. The van der Waals surface area contributed by atoms with Crippen molar-refractivity contribution in [3.63, 3.8) is 0 Å². The molecule has 0 saturated carbocycles. The number of fused-ring (bicyclic) bond motifs is 1. The molecule has 178 valence electrons. The fourth-order valence-corrected chi connectivity index (χ4v) is 3.32. The van der Waals surface area contributed by atoms with Crippen LogP contribution in [-0.2, 0) is 23.8 Å². The molecule has 32 heavy (non-hydrogen) atoms.